The normalized spacial score (nSPS) is 19.2. The van der Waals surface area contributed by atoms with Crippen LogP contribution in [0.3, 0.4) is 0 Å². The van der Waals surface area contributed by atoms with Crippen LogP contribution < -0.4 is 0 Å². The highest BCUT2D eigenvalue weighted by Crippen LogP contribution is 2.26. The van der Waals surface area contributed by atoms with E-state index >= 15 is 0 Å². The van der Waals surface area contributed by atoms with Gasteiger partial charge < -0.3 is 39.0 Å². The van der Waals surface area contributed by atoms with Gasteiger partial charge in [-0.05, 0) is 109 Å². The van der Waals surface area contributed by atoms with Crippen molar-refractivity contribution in [2.75, 3.05) is 13.2 Å². The largest absolute Gasteiger partial charge is 0.479 e. The summed E-state index contributed by atoms with van der Waals surface area (Å²) in [7, 11) is 0. The maximum Gasteiger partial charge on any atom is 0.335 e. The first-order chi connectivity index (χ1) is 35.6. The molecule has 0 aromatic carbocycles. The fraction of sp³-hybridized carbons (Fsp3) is 0.639. The molecule has 1 fully saturated rings. The van der Waals surface area contributed by atoms with Crippen LogP contribution in [0.15, 0.2) is 109 Å². The van der Waals surface area contributed by atoms with Gasteiger partial charge in [0, 0.05) is 19.3 Å². The van der Waals surface area contributed by atoms with E-state index in [2.05, 4.69) is 118 Å². The molecular weight excluding hydrogens is 925 g/mol. The third-order valence-corrected chi connectivity index (χ3v) is 11.8. The van der Waals surface area contributed by atoms with Crippen molar-refractivity contribution in [3.05, 3.63) is 109 Å². The zero-order valence-electron chi connectivity index (χ0n) is 45.1. The number of unbranched alkanes of at least 4 members (excludes halogenated alkanes) is 13. The number of hydrogen-bond acceptors (Lipinski definition) is 11. The molecule has 1 heterocycles. The van der Waals surface area contributed by atoms with Crippen molar-refractivity contribution in [2.24, 2.45) is 0 Å². The standard InChI is InChI=1S/C61H96O12/c1-4-7-10-13-16-19-22-25-26-27-28-31-34-37-40-43-46-49-55(64)72-59-57(66)56(65)58(60(67)68)73-61(59)70-51-52(71-54(63)48-45-42-39-36-33-30-24-21-18-15-12-9-6-3)50-69-53(62)47-44-41-38-35-32-29-23-20-17-14-11-8-5-2/h7,10-12,14-16,19-21,23-26,28,31,37,40,52,56-59,61,65-66H,4-6,8-9,13,17-18,22,27,29-30,32-36,38-39,41-51H2,1-3H3,(H,67,68)/b10-7-,14-11-,15-12-,19-16-,23-20-,24-21-,26-25-,31-28-,40-37-. The van der Waals surface area contributed by atoms with Gasteiger partial charge in [-0.1, -0.05) is 182 Å². The maximum absolute atomic E-state index is 13.1. The molecule has 6 atom stereocenters. The van der Waals surface area contributed by atoms with Crippen LogP contribution in [0, 0.1) is 0 Å². The van der Waals surface area contributed by atoms with E-state index in [0.717, 1.165) is 135 Å². The van der Waals surface area contributed by atoms with Crippen molar-refractivity contribution in [3.8, 4) is 0 Å². The SMILES string of the molecule is CC/C=C\C/C=C\C/C=C\C/C=C\C/C=C\CCCC(=O)OC1C(OCC(COC(=O)CCCCCCC/C=C\C/C=C\CCC)OC(=O)CCCCCCC/C=C\C/C=C\CCC)OC(C(=O)O)C(O)C1O. The number of ether oxygens (including phenoxy) is 5. The van der Waals surface area contributed by atoms with E-state index in [1.807, 2.05) is 12.2 Å². The van der Waals surface area contributed by atoms with Gasteiger partial charge in [-0.2, -0.15) is 0 Å². The molecule has 73 heavy (non-hydrogen) atoms. The predicted octanol–water partition coefficient (Wildman–Crippen LogP) is 13.9. The molecule has 0 spiro atoms. The van der Waals surface area contributed by atoms with Gasteiger partial charge in [-0.25, -0.2) is 4.79 Å². The van der Waals surface area contributed by atoms with Gasteiger partial charge in [-0.3, -0.25) is 14.4 Å². The number of carbonyl (C=O) groups excluding carboxylic acids is 3. The average Bonchev–Trinajstić information content (AvgIpc) is 3.37. The highest BCUT2D eigenvalue weighted by Gasteiger charge is 2.50. The van der Waals surface area contributed by atoms with Crippen LogP contribution in [0.2, 0.25) is 0 Å². The van der Waals surface area contributed by atoms with E-state index in [4.69, 9.17) is 23.7 Å². The van der Waals surface area contributed by atoms with E-state index in [0.29, 0.717) is 25.7 Å². The first-order valence-corrected chi connectivity index (χ1v) is 27.9. The van der Waals surface area contributed by atoms with Crippen LogP contribution in [0.25, 0.3) is 0 Å². The predicted molar refractivity (Wildman–Crippen MR) is 294 cm³/mol. The maximum atomic E-state index is 13.1. The Labute approximate surface area is 440 Å². The summed E-state index contributed by atoms with van der Waals surface area (Å²) in [5, 5.41) is 31.4. The lowest BCUT2D eigenvalue weighted by atomic mass is 9.98. The average molecular weight is 1020 g/mol. The van der Waals surface area contributed by atoms with Gasteiger partial charge in [0.05, 0.1) is 6.61 Å². The first-order valence-electron chi connectivity index (χ1n) is 27.9. The minimum Gasteiger partial charge on any atom is -0.479 e. The van der Waals surface area contributed by atoms with E-state index in [1.54, 1.807) is 0 Å². The summed E-state index contributed by atoms with van der Waals surface area (Å²) >= 11 is 0. The Morgan fingerprint density at radius 1 is 0.466 bits per heavy atom. The van der Waals surface area contributed by atoms with Crippen LogP contribution in [-0.2, 0) is 42.9 Å². The molecule has 3 N–H and O–H groups in total. The number of carbonyl (C=O) groups is 4. The summed E-state index contributed by atoms with van der Waals surface area (Å²) < 4.78 is 28.3. The molecule has 0 saturated carbocycles. The van der Waals surface area contributed by atoms with Gasteiger partial charge in [-0.15, -0.1) is 0 Å². The van der Waals surface area contributed by atoms with Crippen LogP contribution in [0.5, 0.6) is 0 Å². The number of aliphatic hydroxyl groups is 2. The summed E-state index contributed by atoms with van der Waals surface area (Å²) in [4.78, 5) is 51.0. The Morgan fingerprint density at radius 2 is 0.877 bits per heavy atom. The highest BCUT2D eigenvalue weighted by atomic mass is 16.7. The molecule has 1 saturated heterocycles. The molecule has 0 amide bonds. The second kappa shape index (κ2) is 48.3. The Bertz CT molecular complexity index is 1690. The van der Waals surface area contributed by atoms with Gasteiger partial charge in [0.25, 0.3) is 0 Å². The fourth-order valence-corrected chi connectivity index (χ4v) is 7.54. The number of allylic oxidation sites excluding steroid dienone is 18. The Morgan fingerprint density at radius 3 is 1.36 bits per heavy atom. The summed E-state index contributed by atoms with van der Waals surface area (Å²) in [5.74, 6) is -3.25. The van der Waals surface area contributed by atoms with Crippen LogP contribution >= 0.6 is 0 Å². The zero-order valence-corrected chi connectivity index (χ0v) is 45.1. The molecule has 1 aliphatic heterocycles. The number of hydrogen-bond donors (Lipinski definition) is 3. The van der Waals surface area contributed by atoms with E-state index in [1.165, 1.54) is 0 Å². The van der Waals surface area contributed by atoms with Gasteiger partial charge in [0.15, 0.2) is 24.6 Å². The number of aliphatic hydroxyl groups excluding tert-OH is 2. The Hall–Kier alpha value is -4.62. The third-order valence-electron chi connectivity index (χ3n) is 11.8. The van der Waals surface area contributed by atoms with E-state index in [-0.39, 0.29) is 25.9 Å². The van der Waals surface area contributed by atoms with E-state index < -0.39 is 67.3 Å². The third kappa shape index (κ3) is 38.6. The van der Waals surface area contributed by atoms with Crippen molar-refractivity contribution in [2.45, 2.75) is 237 Å². The second-order valence-corrected chi connectivity index (χ2v) is 18.5. The van der Waals surface area contributed by atoms with Crippen LogP contribution in [-0.4, -0.2) is 89.2 Å². The molecule has 12 nitrogen and oxygen atoms in total. The number of carboxylic acid groups (broad SMARTS) is 1. The van der Waals surface area contributed by atoms with Crippen molar-refractivity contribution in [1.29, 1.82) is 0 Å². The molecule has 0 aromatic heterocycles. The molecule has 1 aliphatic rings. The van der Waals surface area contributed by atoms with Crippen molar-refractivity contribution in [1.82, 2.24) is 0 Å². The van der Waals surface area contributed by atoms with Crippen molar-refractivity contribution < 1.29 is 58.2 Å². The van der Waals surface area contributed by atoms with Gasteiger partial charge in [0.2, 0.25) is 0 Å². The summed E-state index contributed by atoms with van der Waals surface area (Å²) in [5.41, 5.74) is 0. The minimum absolute atomic E-state index is 0.0262. The Kier molecular flexibility index (Phi) is 44.0. The fourth-order valence-electron chi connectivity index (χ4n) is 7.54. The lowest BCUT2D eigenvalue weighted by molar-refractivity contribution is -0.301. The monoisotopic (exact) mass is 1020 g/mol. The summed E-state index contributed by atoms with van der Waals surface area (Å²) in [6.45, 7) is 5.67. The number of rotatable bonds is 45. The van der Waals surface area contributed by atoms with Crippen molar-refractivity contribution >= 4 is 23.9 Å². The van der Waals surface area contributed by atoms with Crippen molar-refractivity contribution in [3.63, 3.8) is 0 Å². The smallest absolute Gasteiger partial charge is 0.335 e. The number of esters is 3. The quantitative estimate of drug-likeness (QED) is 0.0228. The minimum atomic E-state index is -1.93. The summed E-state index contributed by atoms with van der Waals surface area (Å²) in [6, 6.07) is 0. The van der Waals surface area contributed by atoms with Gasteiger partial charge >= 0.3 is 23.9 Å². The van der Waals surface area contributed by atoms with Gasteiger partial charge in [0.1, 0.15) is 18.8 Å². The molecule has 0 bridgehead atoms. The molecule has 1 rings (SSSR count). The molecule has 0 radical (unpaired) electrons. The zero-order chi connectivity index (χ0) is 53.3. The lowest BCUT2D eigenvalue weighted by Crippen LogP contribution is -2.61. The van der Waals surface area contributed by atoms with Crippen LogP contribution in [0.4, 0.5) is 0 Å². The molecule has 412 valence electrons. The molecule has 0 aliphatic carbocycles. The number of carboxylic acids is 1. The summed E-state index contributed by atoms with van der Waals surface area (Å²) in [6.07, 6.45) is 52.1. The lowest BCUT2D eigenvalue weighted by Gasteiger charge is -2.40. The first kappa shape index (κ1) is 66.4. The van der Waals surface area contributed by atoms with E-state index in [9.17, 15) is 34.5 Å². The highest BCUT2D eigenvalue weighted by molar-refractivity contribution is 5.74. The molecule has 0 aromatic rings. The molecule has 6 unspecified atom stereocenters. The molecular formula is C61H96O12. The Balaban J connectivity index is 2.77. The topological polar surface area (TPSA) is 175 Å². The van der Waals surface area contributed by atoms with Crippen LogP contribution in [0.1, 0.15) is 201 Å². The molecule has 12 heteroatoms. The second-order valence-electron chi connectivity index (χ2n) is 18.5. The number of aliphatic carboxylic acids is 1.